The Morgan fingerprint density at radius 1 is 1.33 bits per heavy atom. The maximum atomic E-state index is 3.80. The van der Waals surface area contributed by atoms with Crippen molar-refractivity contribution in [3.8, 4) is 0 Å². The van der Waals surface area contributed by atoms with Crippen LogP contribution in [0, 0.1) is 11.3 Å². The standard InChI is InChI=1S/C14H29N/c1-6-8-12(2)11-14(13(3,4)5)9-7-10-15-14/h12,15H,6-11H2,1-5H3. The minimum Gasteiger partial charge on any atom is -0.311 e. The molecule has 0 saturated carbocycles. The van der Waals surface area contributed by atoms with Crippen LogP contribution in [0.25, 0.3) is 0 Å². The van der Waals surface area contributed by atoms with Gasteiger partial charge < -0.3 is 5.32 Å². The van der Waals surface area contributed by atoms with Crippen molar-refractivity contribution in [2.75, 3.05) is 6.54 Å². The maximum absolute atomic E-state index is 3.80. The van der Waals surface area contributed by atoms with E-state index in [1.54, 1.807) is 0 Å². The summed E-state index contributed by atoms with van der Waals surface area (Å²) in [7, 11) is 0. The van der Waals surface area contributed by atoms with E-state index in [2.05, 4.69) is 39.9 Å². The first-order valence-corrected chi connectivity index (χ1v) is 6.66. The number of nitrogens with one attached hydrogen (secondary N) is 1. The first-order chi connectivity index (χ1) is 6.91. The highest BCUT2D eigenvalue weighted by molar-refractivity contribution is 5.02. The SMILES string of the molecule is CCCC(C)CC1(C(C)(C)C)CCCN1. The summed E-state index contributed by atoms with van der Waals surface area (Å²) in [5, 5.41) is 3.80. The van der Waals surface area contributed by atoms with Gasteiger partial charge in [0, 0.05) is 5.54 Å². The van der Waals surface area contributed by atoms with E-state index < -0.39 is 0 Å². The third-order valence-corrected chi connectivity index (χ3v) is 4.16. The van der Waals surface area contributed by atoms with E-state index in [0.29, 0.717) is 11.0 Å². The van der Waals surface area contributed by atoms with Crippen molar-refractivity contribution in [3.63, 3.8) is 0 Å². The molecule has 1 saturated heterocycles. The first kappa shape index (κ1) is 13.0. The minimum absolute atomic E-state index is 0.394. The van der Waals surface area contributed by atoms with Gasteiger partial charge in [-0.3, -0.25) is 0 Å². The summed E-state index contributed by atoms with van der Waals surface area (Å²) in [6.45, 7) is 13.1. The second-order valence-electron chi connectivity index (χ2n) is 6.46. The summed E-state index contributed by atoms with van der Waals surface area (Å²) >= 11 is 0. The zero-order valence-corrected chi connectivity index (χ0v) is 11.3. The van der Waals surface area contributed by atoms with Gasteiger partial charge in [-0.05, 0) is 37.1 Å². The van der Waals surface area contributed by atoms with E-state index in [9.17, 15) is 0 Å². The van der Waals surface area contributed by atoms with Crippen molar-refractivity contribution in [2.24, 2.45) is 11.3 Å². The summed E-state index contributed by atoms with van der Waals surface area (Å²) < 4.78 is 0. The van der Waals surface area contributed by atoms with Gasteiger partial charge in [0.1, 0.15) is 0 Å². The molecule has 0 bridgehead atoms. The lowest BCUT2D eigenvalue weighted by Gasteiger charge is -2.44. The average Bonchev–Trinajstić information content (AvgIpc) is 2.53. The summed E-state index contributed by atoms with van der Waals surface area (Å²) in [5.74, 6) is 0.861. The van der Waals surface area contributed by atoms with Crippen molar-refractivity contribution in [1.29, 1.82) is 0 Å². The van der Waals surface area contributed by atoms with E-state index in [1.165, 1.54) is 38.6 Å². The highest BCUT2D eigenvalue weighted by atomic mass is 15.0. The lowest BCUT2D eigenvalue weighted by atomic mass is 9.68. The van der Waals surface area contributed by atoms with Crippen LogP contribution in [0.5, 0.6) is 0 Å². The van der Waals surface area contributed by atoms with Crippen LogP contribution in [0.1, 0.15) is 66.7 Å². The Bertz CT molecular complexity index is 184. The van der Waals surface area contributed by atoms with Crippen molar-refractivity contribution in [1.82, 2.24) is 5.32 Å². The molecule has 0 aromatic carbocycles. The Kier molecular flexibility index (Phi) is 4.22. The van der Waals surface area contributed by atoms with Crippen molar-refractivity contribution in [3.05, 3.63) is 0 Å². The molecule has 1 rings (SSSR count). The van der Waals surface area contributed by atoms with Gasteiger partial charge in [0.05, 0.1) is 0 Å². The molecule has 0 spiro atoms. The molecule has 90 valence electrons. The van der Waals surface area contributed by atoms with E-state index in [1.807, 2.05) is 0 Å². The normalized spacial score (nSPS) is 29.4. The van der Waals surface area contributed by atoms with Crippen LogP contribution in [0.2, 0.25) is 0 Å². The second kappa shape index (κ2) is 4.86. The molecule has 1 heterocycles. The van der Waals surface area contributed by atoms with Crippen molar-refractivity contribution < 1.29 is 0 Å². The molecule has 15 heavy (non-hydrogen) atoms. The lowest BCUT2D eigenvalue weighted by Crippen LogP contribution is -2.51. The Morgan fingerprint density at radius 2 is 2.00 bits per heavy atom. The molecule has 0 aromatic heterocycles. The number of rotatable bonds is 4. The Balaban J connectivity index is 2.66. The Morgan fingerprint density at radius 3 is 2.40 bits per heavy atom. The van der Waals surface area contributed by atoms with Gasteiger partial charge >= 0.3 is 0 Å². The van der Waals surface area contributed by atoms with Crippen molar-refractivity contribution in [2.45, 2.75) is 72.3 Å². The molecule has 0 aromatic rings. The maximum Gasteiger partial charge on any atom is 0.0232 e. The predicted octanol–water partition coefficient (Wildman–Crippen LogP) is 3.98. The van der Waals surface area contributed by atoms with Gasteiger partial charge in [-0.2, -0.15) is 0 Å². The van der Waals surface area contributed by atoms with Gasteiger partial charge in [-0.15, -0.1) is 0 Å². The lowest BCUT2D eigenvalue weighted by molar-refractivity contribution is 0.125. The third-order valence-electron chi connectivity index (χ3n) is 4.16. The molecule has 0 radical (unpaired) electrons. The van der Waals surface area contributed by atoms with Crippen LogP contribution in [0.15, 0.2) is 0 Å². The zero-order valence-electron chi connectivity index (χ0n) is 11.3. The second-order valence-corrected chi connectivity index (χ2v) is 6.46. The fraction of sp³-hybridized carbons (Fsp3) is 1.00. The summed E-state index contributed by atoms with van der Waals surface area (Å²) in [5.41, 5.74) is 0.799. The molecule has 1 aliphatic rings. The van der Waals surface area contributed by atoms with E-state index in [-0.39, 0.29) is 0 Å². The third kappa shape index (κ3) is 2.96. The quantitative estimate of drug-likeness (QED) is 0.741. The molecule has 1 N–H and O–H groups in total. The van der Waals surface area contributed by atoms with E-state index in [4.69, 9.17) is 0 Å². The molecule has 1 nitrogen and oxygen atoms in total. The zero-order chi connectivity index (χ0) is 11.5. The smallest absolute Gasteiger partial charge is 0.0232 e. The predicted molar refractivity (Wildman–Crippen MR) is 68.1 cm³/mol. The fourth-order valence-electron chi connectivity index (χ4n) is 3.12. The molecule has 2 unspecified atom stereocenters. The van der Waals surface area contributed by atoms with E-state index >= 15 is 0 Å². The van der Waals surface area contributed by atoms with Crippen LogP contribution < -0.4 is 5.32 Å². The molecule has 0 amide bonds. The van der Waals surface area contributed by atoms with Gasteiger partial charge in [-0.1, -0.05) is 47.5 Å². The first-order valence-electron chi connectivity index (χ1n) is 6.66. The Labute approximate surface area is 96.0 Å². The fourth-order valence-corrected chi connectivity index (χ4v) is 3.12. The average molecular weight is 211 g/mol. The van der Waals surface area contributed by atoms with Gasteiger partial charge in [0.25, 0.3) is 0 Å². The molecule has 1 heteroatoms. The monoisotopic (exact) mass is 211 g/mol. The largest absolute Gasteiger partial charge is 0.311 e. The molecule has 0 aliphatic carbocycles. The van der Waals surface area contributed by atoms with Crippen molar-refractivity contribution >= 4 is 0 Å². The van der Waals surface area contributed by atoms with Crippen LogP contribution in [-0.2, 0) is 0 Å². The number of hydrogen-bond acceptors (Lipinski definition) is 1. The topological polar surface area (TPSA) is 12.0 Å². The van der Waals surface area contributed by atoms with E-state index in [0.717, 1.165) is 5.92 Å². The van der Waals surface area contributed by atoms with Crippen LogP contribution in [0.4, 0.5) is 0 Å². The summed E-state index contributed by atoms with van der Waals surface area (Å²) in [6, 6.07) is 0. The van der Waals surface area contributed by atoms with Crippen LogP contribution in [-0.4, -0.2) is 12.1 Å². The molecular formula is C14H29N. The van der Waals surface area contributed by atoms with Crippen LogP contribution in [0.3, 0.4) is 0 Å². The summed E-state index contributed by atoms with van der Waals surface area (Å²) in [6.07, 6.45) is 6.77. The van der Waals surface area contributed by atoms with Crippen LogP contribution >= 0.6 is 0 Å². The molecule has 1 fully saturated rings. The molecule has 1 aliphatic heterocycles. The minimum atomic E-state index is 0.394. The number of hydrogen-bond donors (Lipinski definition) is 1. The highest BCUT2D eigenvalue weighted by Gasteiger charge is 2.44. The van der Waals surface area contributed by atoms with Gasteiger partial charge in [0.2, 0.25) is 0 Å². The van der Waals surface area contributed by atoms with Gasteiger partial charge in [-0.25, -0.2) is 0 Å². The highest BCUT2D eigenvalue weighted by Crippen LogP contribution is 2.42. The summed E-state index contributed by atoms with van der Waals surface area (Å²) in [4.78, 5) is 0. The Hall–Kier alpha value is -0.0400. The molecular weight excluding hydrogens is 182 g/mol. The molecule has 2 atom stereocenters. The van der Waals surface area contributed by atoms with Gasteiger partial charge in [0.15, 0.2) is 0 Å².